The molecule has 1 aliphatic rings. The molecule has 0 spiro atoms. The van der Waals surface area contributed by atoms with E-state index < -0.39 is 0 Å². The second-order valence-electron chi connectivity index (χ2n) is 5.90. The maximum atomic E-state index is 11.2. The van der Waals surface area contributed by atoms with E-state index in [1.54, 1.807) is 12.4 Å². The lowest BCUT2D eigenvalue weighted by Crippen LogP contribution is -2.47. The number of aromatic amines is 1. The molecule has 1 aliphatic heterocycles. The average molecular weight is 342 g/mol. The van der Waals surface area contributed by atoms with Crippen LogP contribution >= 0.6 is 11.3 Å². The van der Waals surface area contributed by atoms with Crippen LogP contribution in [0.15, 0.2) is 35.4 Å². The third-order valence-corrected chi connectivity index (χ3v) is 5.34. The zero-order chi connectivity index (χ0) is 16.5. The topological polar surface area (TPSA) is 78.0 Å². The van der Waals surface area contributed by atoms with Gasteiger partial charge in [-0.25, -0.2) is 5.10 Å². The maximum Gasteiger partial charge on any atom is 0.324 e. The van der Waals surface area contributed by atoms with Gasteiger partial charge in [-0.3, -0.25) is 19.7 Å². The lowest BCUT2D eigenvalue weighted by molar-refractivity contribution is 0.198. The monoisotopic (exact) mass is 342 g/mol. The molecule has 0 radical (unpaired) electrons. The van der Waals surface area contributed by atoms with Crippen LogP contribution < -0.4 is 9.77 Å². The number of nitrogens with one attached hydrogen (secondary N) is 1. The van der Waals surface area contributed by atoms with Gasteiger partial charge in [0, 0.05) is 44.6 Å². The lowest BCUT2D eigenvalue weighted by Gasteiger charge is -2.38. The number of fused-ring (bicyclic) bond motifs is 1. The highest BCUT2D eigenvalue weighted by atomic mass is 32.1. The number of anilines is 1. The highest BCUT2D eigenvalue weighted by Crippen LogP contribution is 2.25. The van der Waals surface area contributed by atoms with Crippen molar-refractivity contribution in [1.29, 1.82) is 0 Å². The molecule has 1 unspecified atom stereocenters. The first-order valence-corrected chi connectivity index (χ1v) is 8.77. The molecule has 1 saturated heterocycles. The van der Waals surface area contributed by atoms with Gasteiger partial charge in [-0.2, -0.15) is 0 Å². The van der Waals surface area contributed by atoms with E-state index in [4.69, 9.17) is 0 Å². The maximum absolute atomic E-state index is 11.2. The Balaban J connectivity index is 1.47. The van der Waals surface area contributed by atoms with E-state index in [1.165, 1.54) is 16.9 Å². The molecule has 2 aromatic heterocycles. The van der Waals surface area contributed by atoms with Crippen molar-refractivity contribution < 1.29 is 0 Å². The fraction of sp³-hybridized carbons (Fsp3) is 0.375. The highest BCUT2D eigenvalue weighted by molar-refractivity contribution is 7.12. The zero-order valence-electron chi connectivity index (χ0n) is 13.3. The summed E-state index contributed by atoms with van der Waals surface area (Å²) in [6.07, 6.45) is 3.44. The van der Waals surface area contributed by atoms with E-state index in [0.29, 0.717) is 6.04 Å². The Hall–Kier alpha value is -2.32. The molecule has 0 aliphatic carbocycles. The van der Waals surface area contributed by atoms with Crippen LogP contribution in [-0.4, -0.2) is 51.2 Å². The van der Waals surface area contributed by atoms with E-state index in [1.807, 2.05) is 6.07 Å². The van der Waals surface area contributed by atoms with E-state index in [2.05, 4.69) is 49.0 Å². The van der Waals surface area contributed by atoms with Crippen molar-refractivity contribution in [3.63, 3.8) is 0 Å². The molecular formula is C16H18N6OS. The summed E-state index contributed by atoms with van der Waals surface area (Å²) < 4.78 is 0. The van der Waals surface area contributed by atoms with Gasteiger partial charge in [0.25, 0.3) is 0 Å². The second-order valence-corrected chi connectivity index (χ2v) is 6.84. The Kier molecular flexibility index (Phi) is 3.99. The fourth-order valence-electron chi connectivity index (χ4n) is 3.11. The average Bonchev–Trinajstić information content (AvgIpc) is 3.07. The first-order valence-electron chi connectivity index (χ1n) is 7.96. The van der Waals surface area contributed by atoms with Crippen molar-refractivity contribution in [2.24, 2.45) is 0 Å². The van der Waals surface area contributed by atoms with E-state index in [-0.39, 0.29) is 4.87 Å². The van der Waals surface area contributed by atoms with Gasteiger partial charge >= 0.3 is 4.87 Å². The van der Waals surface area contributed by atoms with Crippen molar-refractivity contribution in [3.8, 4) is 0 Å². The molecule has 24 heavy (non-hydrogen) atoms. The molecule has 1 N–H and O–H groups in total. The van der Waals surface area contributed by atoms with Crippen molar-refractivity contribution in [2.75, 3.05) is 31.1 Å². The van der Waals surface area contributed by atoms with Crippen LogP contribution in [0.1, 0.15) is 18.5 Å². The van der Waals surface area contributed by atoms with E-state index in [0.717, 1.165) is 42.3 Å². The van der Waals surface area contributed by atoms with Crippen LogP contribution in [0.5, 0.6) is 0 Å². The Morgan fingerprint density at radius 3 is 2.58 bits per heavy atom. The third kappa shape index (κ3) is 2.90. The van der Waals surface area contributed by atoms with Gasteiger partial charge in [-0.15, -0.1) is 5.10 Å². The highest BCUT2D eigenvalue weighted by Gasteiger charge is 2.24. The number of rotatable bonds is 3. The zero-order valence-corrected chi connectivity index (χ0v) is 14.2. The Morgan fingerprint density at radius 2 is 1.88 bits per heavy atom. The molecule has 0 saturated carbocycles. The molecule has 0 bridgehead atoms. The van der Waals surface area contributed by atoms with Crippen LogP contribution in [-0.2, 0) is 0 Å². The molecular weight excluding hydrogens is 324 g/mol. The number of nitrogens with zero attached hydrogens (tertiary/aromatic N) is 5. The summed E-state index contributed by atoms with van der Waals surface area (Å²) in [5.74, 6) is 0. The summed E-state index contributed by atoms with van der Waals surface area (Å²) in [5, 5.41) is 7.35. The Morgan fingerprint density at radius 1 is 1.12 bits per heavy atom. The van der Waals surface area contributed by atoms with Gasteiger partial charge in [-0.1, -0.05) is 6.07 Å². The molecule has 1 fully saturated rings. The molecule has 3 aromatic rings. The summed E-state index contributed by atoms with van der Waals surface area (Å²) in [5.41, 5.74) is 3.11. The van der Waals surface area contributed by atoms with Crippen molar-refractivity contribution in [3.05, 3.63) is 45.8 Å². The molecule has 4 rings (SSSR count). The van der Waals surface area contributed by atoms with Gasteiger partial charge in [-0.05, 0) is 36.0 Å². The Bertz CT molecular complexity index is 898. The quantitative estimate of drug-likeness (QED) is 0.780. The number of H-pyrrole nitrogens is 1. The summed E-state index contributed by atoms with van der Waals surface area (Å²) in [6, 6.07) is 6.61. The van der Waals surface area contributed by atoms with Crippen molar-refractivity contribution in [2.45, 2.75) is 13.0 Å². The number of hydrogen-bond donors (Lipinski definition) is 1. The lowest BCUT2D eigenvalue weighted by atomic mass is 10.1. The largest absolute Gasteiger partial charge is 0.344 e. The molecule has 1 aromatic carbocycles. The smallest absolute Gasteiger partial charge is 0.324 e. The van der Waals surface area contributed by atoms with Crippen molar-refractivity contribution >= 4 is 27.5 Å². The predicted molar refractivity (Wildman–Crippen MR) is 94.5 cm³/mol. The number of benzene rings is 1. The van der Waals surface area contributed by atoms with E-state index >= 15 is 0 Å². The SMILES string of the molecule is CC(c1ccc2nccnc2c1)N1CCN(c2n[nH]c(=O)s2)CC1. The minimum Gasteiger partial charge on any atom is -0.344 e. The number of piperazine rings is 1. The summed E-state index contributed by atoms with van der Waals surface area (Å²) in [4.78, 5) is 24.5. The predicted octanol–water partition coefficient (Wildman–Crippen LogP) is 1.66. The molecule has 3 heterocycles. The molecule has 7 nitrogen and oxygen atoms in total. The number of aromatic nitrogens is 4. The van der Waals surface area contributed by atoms with Gasteiger partial charge in [0.15, 0.2) is 0 Å². The first kappa shape index (κ1) is 15.2. The van der Waals surface area contributed by atoms with Crippen molar-refractivity contribution in [1.82, 2.24) is 25.1 Å². The fourth-order valence-corrected chi connectivity index (χ4v) is 3.77. The number of hydrogen-bond acceptors (Lipinski definition) is 7. The standard InChI is InChI=1S/C16H18N6OS/c1-11(12-2-3-13-14(10-12)18-5-4-17-13)21-6-8-22(9-7-21)15-19-20-16(23)24-15/h2-5,10-11H,6-9H2,1H3,(H,20,23). The first-order chi connectivity index (χ1) is 11.7. The second kappa shape index (κ2) is 6.29. The molecule has 0 amide bonds. The van der Waals surface area contributed by atoms with Crippen LogP contribution in [0.2, 0.25) is 0 Å². The normalized spacial score (nSPS) is 17.3. The van der Waals surface area contributed by atoms with Crippen LogP contribution in [0, 0.1) is 0 Å². The molecule has 8 heteroatoms. The van der Waals surface area contributed by atoms with E-state index in [9.17, 15) is 4.79 Å². The van der Waals surface area contributed by atoms with Gasteiger partial charge in [0.2, 0.25) is 5.13 Å². The summed E-state index contributed by atoms with van der Waals surface area (Å²) in [6.45, 7) is 5.85. The Labute approximate surface area is 143 Å². The van der Waals surface area contributed by atoms with Gasteiger partial charge in [0.05, 0.1) is 11.0 Å². The van der Waals surface area contributed by atoms with Gasteiger partial charge in [0.1, 0.15) is 0 Å². The minimum absolute atomic E-state index is 0.0990. The molecule has 124 valence electrons. The van der Waals surface area contributed by atoms with Crippen LogP contribution in [0.4, 0.5) is 5.13 Å². The van der Waals surface area contributed by atoms with Crippen LogP contribution in [0.3, 0.4) is 0 Å². The van der Waals surface area contributed by atoms with Crippen LogP contribution in [0.25, 0.3) is 11.0 Å². The minimum atomic E-state index is -0.0990. The van der Waals surface area contributed by atoms with Gasteiger partial charge < -0.3 is 4.90 Å². The summed E-state index contributed by atoms with van der Waals surface area (Å²) in [7, 11) is 0. The summed E-state index contributed by atoms with van der Waals surface area (Å²) >= 11 is 1.17. The third-order valence-electron chi connectivity index (χ3n) is 4.54. The molecule has 1 atom stereocenters.